The van der Waals surface area contributed by atoms with Crippen LogP contribution in [0.2, 0.25) is 0 Å². The van der Waals surface area contributed by atoms with Crippen molar-refractivity contribution in [1.82, 2.24) is 15.5 Å². The largest absolute Gasteiger partial charge is 0.314 e. The zero-order valence-electron chi connectivity index (χ0n) is 13.9. The number of piperidine rings is 1. The minimum Gasteiger partial charge on any atom is -0.314 e. The van der Waals surface area contributed by atoms with E-state index in [1.807, 2.05) is 0 Å². The van der Waals surface area contributed by atoms with Gasteiger partial charge in [0.05, 0.1) is 0 Å². The Labute approximate surface area is 125 Å². The summed E-state index contributed by atoms with van der Waals surface area (Å²) in [6, 6.07) is 1.37. The number of rotatable bonds is 6. The normalized spacial score (nSPS) is 28.5. The van der Waals surface area contributed by atoms with Crippen molar-refractivity contribution in [2.75, 3.05) is 27.2 Å². The molecule has 0 bridgehead atoms. The Hall–Kier alpha value is -0.120. The fraction of sp³-hybridized carbons (Fsp3) is 1.00. The van der Waals surface area contributed by atoms with E-state index < -0.39 is 0 Å². The summed E-state index contributed by atoms with van der Waals surface area (Å²) in [6.07, 6.45) is 12.4. The maximum absolute atomic E-state index is 3.84. The maximum atomic E-state index is 3.84. The van der Waals surface area contributed by atoms with Crippen LogP contribution in [0.1, 0.15) is 64.7 Å². The van der Waals surface area contributed by atoms with E-state index in [4.69, 9.17) is 0 Å². The molecule has 0 radical (unpaired) electrons. The fourth-order valence-corrected chi connectivity index (χ4v) is 3.99. The molecular formula is C17H35N3. The summed E-state index contributed by atoms with van der Waals surface area (Å²) in [5, 5.41) is 7.51. The average molecular weight is 281 g/mol. The average Bonchev–Trinajstić information content (AvgIpc) is 2.47. The van der Waals surface area contributed by atoms with Gasteiger partial charge in [-0.3, -0.25) is 0 Å². The molecule has 0 spiro atoms. The van der Waals surface area contributed by atoms with Gasteiger partial charge in [0.2, 0.25) is 0 Å². The summed E-state index contributed by atoms with van der Waals surface area (Å²) < 4.78 is 0. The summed E-state index contributed by atoms with van der Waals surface area (Å²) in [5.41, 5.74) is 0.409. The van der Waals surface area contributed by atoms with Crippen molar-refractivity contribution in [3.63, 3.8) is 0 Å². The lowest BCUT2D eigenvalue weighted by molar-refractivity contribution is 0.0947. The van der Waals surface area contributed by atoms with Gasteiger partial charge in [0.1, 0.15) is 0 Å². The number of nitrogens with one attached hydrogen (secondary N) is 2. The van der Waals surface area contributed by atoms with Gasteiger partial charge in [-0.2, -0.15) is 0 Å². The van der Waals surface area contributed by atoms with Crippen molar-refractivity contribution >= 4 is 0 Å². The van der Waals surface area contributed by atoms with Crippen molar-refractivity contribution in [2.24, 2.45) is 0 Å². The molecule has 2 fully saturated rings. The summed E-state index contributed by atoms with van der Waals surface area (Å²) >= 11 is 0. The molecule has 0 aromatic heterocycles. The van der Waals surface area contributed by atoms with Crippen molar-refractivity contribution in [2.45, 2.75) is 82.3 Å². The molecule has 2 unspecified atom stereocenters. The quantitative estimate of drug-likeness (QED) is 0.784. The van der Waals surface area contributed by atoms with Crippen LogP contribution in [0.4, 0.5) is 0 Å². The second-order valence-corrected chi connectivity index (χ2v) is 7.34. The first-order valence-electron chi connectivity index (χ1n) is 8.77. The minimum absolute atomic E-state index is 0.409. The van der Waals surface area contributed by atoms with Crippen LogP contribution in [-0.2, 0) is 0 Å². The summed E-state index contributed by atoms with van der Waals surface area (Å²) in [5.74, 6) is 0. The third-order valence-corrected chi connectivity index (χ3v) is 5.56. The first kappa shape index (κ1) is 16.3. The highest BCUT2D eigenvalue weighted by molar-refractivity contribution is 4.93. The predicted molar refractivity (Wildman–Crippen MR) is 87.2 cm³/mol. The SMILES string of the molecule is CC(CC1CCCCN1)NCC1(N(C)C)CCCCC1. The predicted octanol–water partition coefficient (Wildman–Crippen LogP) is 2.76. The fourth-order valence-electron chi connectivity index (χ4n) is 3.99. The van der Waals surface area contributed by atoms with E-state index in [0.717, 1.165) is 12.6 Å². The molecule has 0 aromatic carbocycles. The Morgan fingerprint density at radius 3 is 2.50 bits per heavy atom. The highest BCUT2D eigenvalue weighted by Crippen LogP contribution is 2.31. The van der Waals surface area contributed by atoms with Crippen molar-refractivity contribution in [1.29, 1.82) is 0 Å². The van der Waals surface area contributed by atoms with Gasteiger partial charge in [-0.15, -0.1) is 0 Å². The summed E-state index contributed by atoms with van der Waals surface area (Å²) in [4.78, 5) is 2.48. The maximum Gasteiger partial charge on any atom is 0.0327 e. The molecule has 0 amide bonds. The van der Waals surface area contributed by atoms with Crippen molar-refractivity contribution in [3.8, 4) is 0 Å². The second kappa shape index (κ2) is 7.77. The van der Waals surface area contributed by atoms with Gasteiger partial charge in [-0.05, 0) is 59.7 Å². The van der Waals surface area contributed by atoms with E-state index >= 15 is 0 Å². The zero-order chi connectivity index (χ0) is 14.4. The molecule has 2 rings (SSSR count). The Kier molecular flexibility index (Phi) is 6.31. The molecule has 2 N–H and O–H groups in total. The second-order valence-electron chi connectivity index (χ2n) is 7.34. The highest BCUT2D eigenvalue weighted by atomic mass is 15.2. The molecule has 3 heteroatoms. The summed E-state index contributed by atoms with van der Waals surface area (Å²) in [7, 11) is 4.53. The monoisotopic (exact) mass is 281 g/mol. The lowest BCUT2D eigenvalue weighted by Gasteiger charge is -2.44. The van der Waals surface area contributed by atoms with Gasteiger partial charge in [0, 0.05) is 24.2 Å². The highest BCUT2D eigenvalue weighted by Gasteiger charge is 2.34. The van der Waals surface area contributed by atoms with Crippen LogP contribution < -0.4 is 10.6 Å². The molecule has 118 valence electrons. The van der Waals surface area contributed by atoms with Gasteiger partial charge < -0.3 is 15.5 Å². The number of hydrogen-bond donors (Lipinski definition) is 2. The standard InChI is InChI=1S/C17H35N3/c1-15(13-16-9-5-8-12-18-16)19-14-17(20(2)3)10-6-4-7-11-17/h15-16,18-19H,4-14H2,1-3H3. The van der Waals surface area contributed by atoms with Gasteiger partial charge in [0.25, 0.3) is 0 Å². The molecule has 1 saturated carbocycles. The Bertz CT molecular complexity index is 265. The summed E-state index contributed by atoms with van der Waals surface area (Å²) in [6.45, 7) is 4.75. The van der Waals surface area contributed by atoms with Crippen molar-refractivity contribution in [3.05, 3.63) is 0 Å². The Morgan fingerprint density at radius 1 is 1.15 bits per heavy atom. The number of hydrogen-bond acceptors (Lipinski definition) is 3. The van der Waals surface area contributed by atoms with E-state index in [-0.39, 0.29) is 0 Å². The molecule has 2 atom stereocenters. The van der Waals surface area contributed by atoms with Crippen LogP contribution in [0.15, 0.2) is 0 Å². The van der Waals surface area contributed by atoms with E-state index in [1.165, 1.54) is 64.3 Å². The molecule has 1 aliphatic heterocycles. The van der Waals surface area contributed by atoms with Gasteiger partial charge in [-0.1, -0.05) is 25.7 Å². The van der Waals surface area contributed by atoms with Gasteiger partial charge >= 0.3 is 0 Å². The molecule has 1 aliphatic carbocycles. The van der Waals surface area contributed by atoms with E-state index in [0.29, 0.717) is 11.6 Å². The van der Waals surface area contributed by atoms with E-state index in [9.17, 15) is 0 Å². The van der Waals surface area contributed by atoms with Crippen molar-refractivity contribution < 1.29 is 0 Å². The van der Waals surface area contributed by atoms with Crippen LogP contribution >= 0.6 is 0 Å². The third kappa shape index (κ3) is 4.44. The molecule has 1 heterocycles. The minimum atomic E-state index is 0.409. The van der Waals surface area contributed by atoms with Crippen LogP contribution in [0.3, 0.4) is 0 Å². The topological polar surface area (TPSA) is 27.3 Å². The van der Waals surface area contributed by atoms with Crippen LogP contribution in [0, 0.1) is 0 Å². The lowest BCUT2D eigenvalue weighted by atomic mass is 9.80. The van der Waals surface area contributed by atoms with Gasteiger partial charge in [0.15, 0.2) is 0 Å². The Balaban J connectivity index is 1.76. The van der Waals surface area contributed by atoms with E-state index in [2.05, 4.69) is 36.6 Å². The van der Waals surface area contributed by atoms with E-state index in [1.54, 1.807) is 0 Å². The molecule has 0 aromatic rings. The third-order valence-electron chi connectivity index (χ3n) is 5.56. The molecular weight excluding hydrogens is 246 g/mol. The van der Waals surface area contributed by atoms with Crippen LogP contribution in [-0.4, -0.2) is 49.7 Å². The lowest BCUT2D eigenvalue weighted by Crippen LogP contribution is -2.54. The molecule has 2 aliphatic rings. The molecule has 3 nitrogen and oxygen atoms in total. The van der Waals surface area contributed by atoms with Crippen LogP contribution in [0.5, 0.6) is 0 Å². The number of nitrogens with zero attached hydrogens (tertiary/aromatic N) is 1. The first-order chi connectivity index (χ1) is 9.62. The first-order valence-corrected chi connectivity index (χ1v) is 8.77. The smallest absolute Gasteiger partial charge is 0.0327 e. The van der Waals surface area contributed by atoms with Gasteiger partial charge in [-0.25, -0.2) is 0 Å². The molecule has 1 saturated heterocycles. The Morgan fingerprint density at radius 2 is 1.90 bits per heavy atom. The molecule has 20 heavy (non-hydrogen) atoms. The number of likely N-dealkylation sites (N-methyl/N-ethyl adjacent to an activating group) is 1. The van der Waals surface area contributed by atoms with Crippen LogP contribution in [0.25, 0.3) is 0 Å². The zero-order valence-corrected chi connectivity index (χ0v) is 13.9.